The second kappa shape index (κ2) is 5.60. The van der Waals surface area contributed by atoms with Crippen LogP contribution in [-0.2, 0) is 14.8 Å². The molecule has 2 N–H and O–H groups in total. The first-order chi connectivity index (χ1) is 8.62. The highest BCUT2D eigenvalue weighted by Gasteiger charge is 2.37. The number of sulfonamides is 1. The highest BCUT2D eigenvalue weighted by molar-refractivity contribution is 7.89. The molecule has 0 aromatic carbocycles. The van der Waals surface area contributed by atoms with Crippen molar-refractivity contribution in [2.45, 2.75) is 51.0 Å². The number of aryl methyl sites for hydroxylation is 2. The Morgan fingerprint density at radius 1 is 1.47 bits per heavy atom. The average Bonchev–Trinajstić information content (AvgIpc) is 2.57. The lowest BCUT2D eigenvalue weighted by molar-refractivity contribution is -0.143. The number of carboxylic acid groups (broad SMARTS) is 1. The molecule has 1 rings (SSSR count). The Hall–Kier alpha value is -0.920. The van der Waals surface area contributed by atoms with Crippen LogP contribution in [0.25, 0.3) is 0 Å². The molecule has 1 atom stereocenters. The van der Waals surface area contributed by atoms with Gasteiger partial charge in [-0.1, -0.05) is 13.3 Å². The van der Waals surface area contributed by atoms with E-state index in [2.05, 4.69) is 4.72 Å². The van der Waals surface area contributed by atoms with Gasteiger partial charge in [-0.3, -0.25) is 4.79 Å². The molecule has 0 bridgehead atoms. The Morgan fingerprint density at radius 3 is 2.42 bits per heavy atom. The van der Waals surface area contributed by atoms with Gasteiger partial charge in [0.05, 0.1) is 4.90 Å². The smallest absolute Gasteiger partial charge is 0.324 e. The second-order valence-electron chi connectivity index (χ2n) is 4.77. The van der Waals surface area contributed by atoms with Crippen LogP contribution < -0.4 is 4.72 Å². The zero-order valence-corrected chi connectivity index (χ0v) is 13.1. The molecule has 1 aromatic rings. The Kier molecular flexibility index (Phi) is 4.76. The summed E-state index contributed by atoms with van der Waals surface area (Å²) in [4.78, 5) is 13.0. The number of nitrogens with one attached hydrogen (secondary N) is 1. The number of carboxylic acids is 1. The third kappa shape index (κ3) is 3.55. The molecule has 0 aliphatic rings. The molecule has 5 nitrogen and oxygen atoms in total. The highest BCUT2D eigenvalue weighted by atomic mass is 32.2. The van der Waals surface area contributed by atoms with Crippen LogP contribution in [0.3, 0.4) is 0 Å². The van der Waals surface area contributed by atoms with Crippen LogP contribution in [0.1, 0.15) is 36.4 Å². The summed E-state index contributed by atoms with van der Waals surface area (Å²) in [6.45, 7) is 6.74. The lowest BCUT2D eigenvalue weighted by Crippen LogP contribution is -2.51. The van der Waals surface area contributed by atoms with Crippen LogP contribution in [0.2, 0.25) is 0 Å². The zero-order chi connectivity index (χ0) is 14.8. The van der Waals surface area contributed by atoms with Gasteiger partial charge < -0.3 is 5.11 Å². The van der Waals surface area contributed by atoms with Crippen LogP contribution in [0, 0.1) is 13.8 Å². The topological polar surface area (TPSA) is 83.5 Å². The Bertz CT molecular complexity index is 577. The van der Waals surface area contributed by atoms with Crippen molar-refractivity contribution in [2.75, 3.05) is 0 Å². The van der Waals surface area contributed by atoms with Crippen molar-refractivity contribution in [3.05, 3.63) is 15.8 Å². The van der Waals surface area contributed by atoms with Crippen molar-refractivity contribution in [2.24, 2.45) is 0 Å². The molecule has 108 valence electrons. The summed E-state index contributed by atoms with van der Waals surface area (Å²) in [7, 11) is -3.82. The Balaban J connectivity index is 3.15. The molecule has 0 radical (unpaired) electrons. The first-order valence-corrected chi connectivity index (χ1v) is 8.27. The second-order valence-corrected chi connectivity index (χ2v) is 7.88. The van der Waals surface area contributed by atoms with Gasteiger partial charge >= 0.3 is 5.97 Å². The van der Waals surface area contributed by atoms with Crippen LogP contribution >= 0.6 is 11.3 Å². The SMILES string of the molecule is CCCC(C)(NS(=O)(=O)c1cc(C)sc1C)C(=O)O. The first kappa shape index (κ1) is 16.1. The van der Waals surface area contributed by atoms with Gasteiger partial charge in [-0.05, 0) is 33.3 Å². The third-order valence-corrected chi connectivity index (χ3v) is 5.68. The molecule has 7 heteroatoms. The molecule has 0 saturated heterocycles. The van der Waals surface area contributed by atoms with Crippen molar-refractivity contribution >= 4 is 27.3 Å². The molecule has 1 aromatic heterocycles. The molecule has 1 unspecified atom stereocenters. The standard InChI is InChI=1S/C12H19NO4S2/c1-5-6-12(4,11(14)15)13-19(16,17)10-7-8(2)18-9(10)3/h7,13H,5-6H2,1-4H3,(H,14,15). The van der Waals surface area contributed by atoms with Gasteiger partial charge in [0.2, 0.25) is 10.0 Å². The number of carbonyl (C=O) groups is 1. The molecular formula is C12H19NO4S2. The molecular weight excluding hydrogens is 286 g/mol. The van der Waals surface area contributed by atoms with Gasteiger partial charge in [-0.15, -0.1) is 11.3 Å². The fourth-order valence-corrected chi connectivity index (χ4v) is 4.88. The maximum Gasteiger partial charge on any atom is 0.324 e. The molecule has 1 heterocycles. The fraction of sp³-hybridized carbons (Fsp3) is 0.583. The minimum Gasteiger partial charge on any atom is -0.480 e. The van der Waals surface area contributed by atoms with Gasteiger partial charge in [0.25, 0.3) is 0 Å². The highest BCUT2D eigenvalue weighted by Crippen LogP contribution is 2.26. The molecule has 0 aliphatic heterocycles. The van der Waals surface area contributed by atoms with E-state index in [0.29, 0.717) is 11.3 Å². The third-order valence-electron chi connectivity index (χ3n) is 2.87. The van der Waals surface area contributed by atoms with E-state index in [9.17, 15) is 18.3 Å². The van der Waals surface area contributed by atoms with Crippen LogP contribution in [0.4, 0.5) is 0 Å². The fourth-order valence-electron chi connectivity index (χ4n) is 1.93. The zero-order valence-electron chi connectivity index (χ0n) is 11.5. The summed E-state index contributed by atoms with van der Waals surface area (Å²) in [5.41, 5.74) is -1.48. The Morgan fingerprint density at radius 2 is 2.05 bits per heavy atom. The quantitative estimate of drug-likeness (QED) is 0.844. The maximum absolute atomic E-state index is 12.3. The van der Waals surface area contributed by atoms with E-state index >= 15 is 0 Å². The van der Waals surface area contributed by atoms with Crippen molar-refractivity contribution in [1.29, 1.82) is 0 Å². The average molecular weight is 305 g/mol. The number of thiophene rings is 1. The van der Waals surface area contributed by atoms with Gasteiger partial charge in [0.1, 0.15) is 5.54 Å². The van der Waals surface area contributed by atoms with Crippen LogP contribution in [0.5, 0.6) is 0 Å². The predicted molar refractivity (Wildman–Crippen MR) is 75.1 cm³/mol. The van der Waals surface area contributed by atoms with E-state index in [1.165, 1.54) is 18.3 Å². The molecule has 0 aliphatic carbocycles. The van der Waals surface area contributed by atoms with Crippen molar-refractivity contribution in [1.82, 2.24) is 4.72 Å². The lowest BCUT2D eigenvalue weighted by atomic mass is 9.98. The Labute approximate surface area is 117 Å². The molecule has 0 amide bonds. The maximum atomic E-state index is 12.3. The van der Waals surface area contributed by atoms with Crippen LogP contribution in [0.15, 0.2) is 11.0 Å². The molecule has 0 saturated carbocycles. The van der Waals surface area contributed by atoms with Gasteiger partial charge in [-0.2, -0.15) is 4.72 Å². The van der Waals surface area contributed by atoms with Gasteiger partial charge in [-0.25, -0.2) is 8.42 Å². The van der Waals surface area contributed by atoms with E-state index in [4.69, 9.17) is 0 Å². The number of aliphatic carboxylic acids is 1. The van der Waals surface area contributed by atoms with Gasteiger partial charge in [0.15, 0.2) is 0 Å². The number of hydrogen-bond donors (Lipinski definition) is 2. The molecule has 0 spiro atoms. The number of hydrogen-bond acceptors (Lipinski definition) is 4. The summed E-state index contributed by atoms with van der Waals surface area (Å²) in [5.74, 6) is -1.16. The predicted octanol–water partition coefficient (Wildman–Crippen LogP) is 2.29. The largest absolute Gasteiger partial charge is 0.480 e. The van der Waals surface area contributed by atoms with Crippen molar-refractivity contribution < 1.29 is 18.3 Å². The summed E-state index contributed by atoms with van der Waals surface area (Å²) in [6, 6.07) is 1.57. The minimum absolute atomic E-state index is 0.165. The summed E-state index contributed by atoms with van der Waals surface area (Å²) < 4.78 is 26.9. The van der Waals surface area contributed by atoms with E-state index in [1.54, 1.807) is 13.0 Å². The summed E-state index contributed by atoms with van der Waals surface area (Å²) in [6.07, 6.45) is 0.816. The van der Waals surface area contributed by atoms with Gasteiger partial charge in [0, 0.05) is 9.75 Å². The molecule has 0 fully saturated rings. The van der Waals surface area contributed by atoms with E-state index in [-0.39, 0.29) is 11.3 Å². The van der Waals surface area contributed by atoms with E-state index in [1.807, 2.05) is 13.8 Å². The first-order valence-electron chi connectivity index (χ1n) is 5.97. The lowest BCUT2D eigenvalue weighted by Gasteiger charge is -2.25. The normalized spacial score (nSPS) is 15.2. The van der Waals surface area contributed by atoms with Crippen molar-refractivity contribution in [3.8, 4) is 0 Å². The van der Waals surface area contributed by atoms with E-state index < -0.39 is 21.5 Å². The molecule has 19 heavy (non-hydrogen) atoms. The van der Waals surface area contributed by atoms with Crippen LogP contribution in [-0.4, -0.2) is 25.0 Å². The minimum atomic E-state index is -3.82. The van der Waals surface area contributed by atoms with Crippen molar-refractivity contribution in [3.63, 3.8) is 0 Å². The monoisotopic (exact) mass is 305 g/mol. The number of rotatable bonds is 6. The summed E-state index contributed by atoms with van der Waals surface area (Å²) in [5, 5.41) is 9.22. The summed E-state index contributed by atoms with van der Waals surface area (Å²) >= 11 is 1.38. The van der Waals surface area contributed by atoms with E-state index in [0.717, 1.165) is 4.88 Å².